The molecule has 1 aromatic rings. The molecule has 2 heterocycles. The van der Waals surface area contributed by atoms with E-state index in [2.05, 4.69) is 15.8 Å². The molecule has 3 rings (SSSR count). The van der Waals surface area contributed by atoms with Crippen LogP contribution in [0.2, 0.25) is 10.0 Å². The largest absolute Gasteiger partial charge is 0.459 e. The van der Waals surface area contributed by atoms with E-state index in [0.717, 1.165) is 24.9 Å². The standard InChI is InChI=1S/C45H76Cl2N4O11/c1-12-36-45(8,56)40(54)29(4)37(50-59-22-19-48-17-13-20-58-21-14-18-49-26-32-15-16-33(46)34(47)24-32)27(2)25-44(7,57-11)41(30(5)38(52)31(6)42(55)61-36)62-43-39(53)35(51(9)10)23-28(3)60-43/h15-16,24,27-31,35-36,39-41,43,48-49,53-54,56H,12-14,17-23,25-26H2,1-11H3/b50-37+/t27-,28-,29+,30+,31-,35+,36-,39-,40-,41-,43+,44+,45-/m1/s1. The number of rotatable bonds is 19. The van der Waals surface area contributed by atoms with Crippen molar-refractivity contribution in [3.63, 3.8) is 0 Å². The second-order valence-corrected chi connectivity index (χ2v) is 18.6. The Bertz CT molecular complexity index is 1570. The number of oxime groups is 1. The highest BCUT2D eigenvalue weighted by Crippen LogP contribution is 2.38. The molecular formula is C45H76Cl2N4O11. The zero-order valence-corrected chi connectivity index (χ0v) is 40.3. The van der Waals surface area contributed by atoms with Crippen LogP contribution in [0.3, 0.4) is 0 Å². The smallest absolute Gasteiger partial charge is 0.316 e. The summed E-state index contributed by atoms with van der Waals surface area (Å²) in [6.07, 6.45) is -3.40. The van der Waals surface area contributed by atoms with Gasteiger partial charge in [-0.25, -0.2) is 0 Å². The van der Waals surface area contributed by atoms with Gasteiger partial charge in [0.25, 0.3) is 0 Å². The van der Waals surface area contributed by atoms with E-state index in [1.54, 1.807) is 26.8 Å². The van der Waals surface area contributed by atoms with Crippen molar-refractivity contribution in [1.29, 1.82) is 0 Å². The molecule has 0 amide bonds. The molecule has 17 heteroatoms. The van der Waals surface area contributed by atoms with Crippen molar-refractivity contribution in [2.75, 3.05) is 60.7 Å². The lowest BCUT2D eigenvalue weighted by Gasteiger charge is -2.47. The summed E-state index contributed by atoms with van der Waals surface area (Å²) in [5.74, 6) is -4.74. The minimum Gasteiger partial charge on any atom is -0.459 e. The van der Waals surface area contributed by atoms with Crippen LogP contribution in [0.1, 0.15) is 93.1 Å². The fourth-order valence-electron chi connectivity index (χ4n) is 8.56. The van der Waals surface area contributed by atoms with E-state index in [1.807, 2.05) is 51.9 Å². The number of nitrogens with zero attached hydrogens (tertiary/aromatic N) is 2. The highest BCUT2D eigenvalue weighted by Gasteiger charge is 2.51. The first-order chi connectivity index (χ1) is 29.2. The number of benzene rings is 1. The fourth-order valence-corrected chi connectivity index (χ4v) is 8.88. The van der Waals surface area contributed by atoms with E-state index in [1.165, 1.54) is 21.0 Å². The highest BCUT2D eigenvalue weighted by atomic mass is 35.5. The van der Waals surface area contributed by atoms with E-state index < -0.39 is 77.3 Å². The van der Waals surface area contributed by atoms with Crippen LogP contribution in [0, 0.1) is 23.7 Å². The Balaban J connectivity index is 1.72. The molecule has 0 radical (unpaired) electrons. The molecule has 5 N–H and O–H groups in total. The van der Waals surface area contributed by atoms with Crippen molar-refractivity contribution in [3.8, 4) is 0 Å². The van der Waals surface area contributed by atoms with Gasteiger partial charge in [0.15, 0.2) is 12.1 Å². The number of hydrogen-bond acceptors (Lipinski definition) is 15. The number of methoxy groups -OCH3 is 1. The molecule has 2 aliphatic rings. The van der Waals surface area contributed by atoms with Crippen LogP contribution in [0.4, 0.5) is 0 Å². The summed E-state index contributed by atoms with van der Waals surface area (Å²) in [6.45, 7) is 17.8. The van der Waals surface area contributed by atoms with Gasteiger partial charge in [-0.05, 0) is 105 Å². The molecule has 2 saturated heterocycles. The molecule has 2 aliphatic heterocycles. The number of carbonyl (C=O) groups excluding carboxylic acids is 2. The second kappa shape index (κ2) is 25.6. The van der Waals surface area contributed by atoms with Crippen molar-refractivity contribution < 1.29 is 53.4 Å². The first-order valence-corrected chi connectivity index (χ1v) is 22.9. The van der Waals surface area contributed by atoms with Crippen LogP contribution in [0.15, 0.2) is 23.4 Å². The molecule has 62 heavy (non-hydrogen) atoms. The maximum Gasteiger partial charge on any atom is 0.316 e. The van der Waals surface area contributed by atoms with Crippen molar-refractivity contribution in [1.82, 2.24) is 15.5 Å². The van der Waals surface area contributed by atoms with Gasteiger partial charge < -0.3 is 59.4 Å². The van der Waals surface area contributed by atoms with Gasteiger partial charge in [0, 0.05) is 57.2 Å². The van der Waals surface area contributed by atoms with Crippen LogP contribution in [0.25, 0.3) is 0 Å². The predicted molar refractivity (Wildman–Crippen MR) is 240 cm³/mol. The normalized spacial score (nSPS) is 34.9. The minimum atomic E-state index is -1.92. The first-order valence-electron chi connectivity index (χ1n) is 22.2. The summed E-state index contributed by atoms with van der Waals surface area (Å²) in [6, 6.07) is 5.32. The number of ether oxygens (including phenoxy) is 5. The van der Waals surface area contributed by atoms with Gasteiger partial charge >= 0.3 is 5.97 Å². The molecule has 1 aromatic carbocycles. The predicted octanol–water partition coefficient (Wildman–Crippen LogP) is 5.01. The molecular weight excluding hydrogens is 843 g/mol. The molecule has 356 valence electrons. The molecule has 0 aromatic heterocycles. The van der Waals surface area contributed by atoms with Gasteiger partial charge in [-0.15, -0.1) is 0 Å². The number of cyclic esters (lactones) is 1. The number of likely N-dealkylation sites (N-methyl/N-ethyl adjacent to an activating group) is 1. The van der Waals surface area contributed by atoms with Gasteiger partial charge in [0.05, 0.1) is 39.7 Å². The number of hydrogen-bond donors (Lipinski definition) is 5. The summed E-state index contributed by atoms with van der Waals surface area (Å²) in [5, 5.41) is 47.5. The van der Waals surface area contributed by atoms with Crippen LogP contribution < -0.4 is 10.6 Å². The monoisotopic (exact) mass is 918 g/mol. The molecule has 0 bridgehead atoms. The van der Waals surface area contributed by atoms with Crippen molar-refractivity contribution in [2.24, 2.45) is 28.8 Å². The number of carbonyl (C=O) groups is 2. The van der Waals surface area contributed by atoms with E-state index in [-0.39, 0.29) is 31.6 Å². The fraction of sp³-hybridized carbons (Fsp3) is 0.800. The Hall–Kier alpha value is -1.99. The third kappa shape index (κ3) is 15.0. The Labute approximate surface area is 379 Å². The molecule has 13 atom stereocenters. The maximum absolute atomic E-state index is 14.2. The summed E-state index contributed by atoms with van der Waals surface area (Å²) in [5.41, 5.74) is -1.65. The lowest BCUT2D eigenvalue weighted by Crippen LogP contribution is -2.60. The van der Waals surface area contributed by atoms with Crippen molar-refractivity contribution in [2.45, 2.75) is 148 Å². The van der Waals surface area contributed by atoms with Crippen LogP contribution >= 0.6 is 23.2 Å². The van der Waals surface area contributed by atoms with Gasteiger partial charge in [0.2, 0.25) is 0 Å². The Morgan fingerprint density at radius 3 is 2.23 bits per heavy atom. The highest BCUT2D eigenvalue weighted by molar-refractivity contribution is 6.42. The van der Waals surface area contributed by atoms with Gasteiger partial charge in [-0.1, -0.05) is 62.1 Å². The zero-order valence-electron chi connectivity index (χ0n) is 38.8. The summed E-state index contributed by atoms with van der Waals surface area (Å²) in [7, 11) is 5.27. The van der Waals surface area contributed by atoms with E-state index >= 15 is 0 Å². The number of halogens is 2. The van der Waals surface area contributed by atoms with Crippen molar-refractivity contribution >= 4 is 40.7 Å². The van der Waals surface area contributed by atoms with Gasteiger partial charge in [-0.2, -0.15) is 0 Å². The third-order valence-corrected chi connectivity index (χ3v) is 13.2. The van der Waals surface area contributed by atoms with E-state index in [0.29, 0.717) is 55.0 Å². The van der Waals surface area contributed by atoms with E-state index in [4.69, 9.17) is 51.7 Å². The average molecular weight is 920 g/mol. The van der Waals surface area contributed by atoms with E-state index in [9.17, 15) is 24.9 Å². The Morgan fingerprint density at radius 1 is 0.952 bits per heavy atom. The van der Waals surface area contributed by atoms with Gasteiger partial charge in [0.1, 0.15) is 30.3 Å². The molecule has 0 unspecified atom stereocenters. The summed E-state index contributed by atoms with van der Waals surface area (Å²) >= 11 is 12.1. The number of esters is 1. The third-order valence-electron chi connectivity index (χ3n) is 12.5. The number of ketones is 1. The average Bonchev–Trinajstić information content (AvgIpc) is 3.23. The lowest BCUT2D eigenvalue weighted by molar-refractivity contribution is -0.295. The van der Waals surface area contributed by atoms with Crippen LogP contribution in [-0.2, 0) is 44.7 Å². The molecule has 2 fully saturated rings. The molecule has 15 nitrogen and oxygen atoms in total. The minimum absolute atomic E-state index is 0.169. The molecule has 0 aliphatic carbocycles. The SMILES string of the molecule is CC[C@H]1OC(=O)[C@H](C)C(=O)[C@H](C)[C@@H](O[C@@H]2O[C@H](C)C[C@H](N(C)C)[C@H]2O)[C@@](C)(OC)C[C@@H](C)/C(=N\OCCNCCCOCCCNCc2ccc(Cl)c(Cl)c2)[C@H](C)[C@@H](O)[C@]1(C)O. The van der Waals surface area contributed by atoms with Gasteiger partial charge in [-0.3, -0.25) is 9.59 Å². The summed E-state index contributed by atoms with van der Waals surface area (Å²) < 4.78 is 30.6. The zero-order chi connectivity index (χ0) is 46.4. The number of Topliss-reactive ketones (excluding diaryl/α,β-unsaturated/α-hetero) is 1. The number of nitrogens with one attached hydrogen (secondary N) is 2. The van der Waals surface area contributed by atoms with Crippen molar-refractivity contribution in [3.05, 3.63) is 33.8 Å². The Kier molecular flexibility index (Phi) is 22.5. The second-order valence-electron chi connectivity index (χ2n) is 17.8. The maximum atomic E-state index is 14.2. The topological polar surface area (TPSA) is 190 Å². The Morgan fingerprint density at radius 2 is 1.61 bits per heavy atom. The van der Waals surface area contributed by atoms with Crippen LogP contribution in [0.5, 0.6) is 0 Å². The number of aliphatic hydroxyl groups is 3. The lowest BCUT2D eigenvalue weighted by atomic mass is 9.74. The quantitative estimate of drug-likeness (QED) is 0.0539. The molecule has 0 spiro atoms. The molecule has 0 saturated carbocycles. The number of aliphatic hydroxyl groups excluding tert-OH is 2. The first kappa shape index (κ1) is 54.3. The van der Waals surface area contributed by atoms with Crippen LogP contribution in [-0.4, -0.2) is 152 Å². The summed E-state index contributed by atoms with van der Waals surface area (Å²) in [4.78, 5) is 35.6.